The van der Waals surface area contributed by atoms with E-state index < -0.39 is 0 Å². The molecule has 156 valence electrons. The van der Waals surface area contributed by atoms with Crippen LogP contribution in [0.5, 0.6) is 11.5 Å². The Morgan fingerprint density at radius 1 is 1.00 bits per heavy atom. The van der Waals surface area contributed by atoms with Gasteiger partial charge >= 0.3 is 6.03 Å². The van der Waals surface area contributed by atoms with Gasteiger partial charge in [-0.25, -0.2) is 4.79 Å². The predicted octanol–water partition coefficient (Wildman–Crippen LogP) is 1.10. The van der Waals surface area contributed by atoms with Gasteiger partial charge in [0.05, 0.1) is 20.8 Å². The minimum absolute atomic E-state index is 0.0506. The Morgan fingerprint density at radius 3 is 2.36 bits per heavy atom. The number of carbonyl (C=O) groups is 2. The lowest BCUT2D eigenvalue weighted by molar-refractivity contribution is -0.122. The van der Waals surface area contributed by atoms with Crippen LogP contribution in [-0.4, -0.2) is 81.8 Å². The average Bonchev–Trinajstić information content (AvgIpc) is 2.72. The first kappa shape index (κ1) is 21.8. The summed E-state index contributed by atoms with van der Waals surface area (Å²) in [6, 6.07) is 5.70. The highest BCUT2D eigenvalue weighted by molar-refractivity contribution is 5.78. The van der Waals surface area contributed by atoms with Gasteiger partial charge in [0.15, 0.2) is 11.5 Å². The molecular weight excluding hydrogens is 360 g/mol. The van der Waals surface area contributed by atoms with Crippen molar-refractivity contribution in [1.82, 2.24) is 20.4 Å². The third kappa shape index (κ3) is 6.60. The molecule has 28 heavy (non-hydrogen) atoms. The van der Waals surface area contributed by atoms with E-state index in [1.54, 1.807) is 19.1 Å². The fourth-order valence-electron chi connectivity index (χ4n) is 3.09. The Balaban J connectivity index is 1.69. The van der Waals surface area contributed by atoms with Crippen LogP contribution in [0.3, 0.4) is 0 Å². The van der Waals surface area contributed by atoms with Crippen LogP contribution >= 0.6 is 0 Å². The van der Waals surface area contributed by atoms with Gasteiger partial charge in [0.1, 0.15) is 0 Å². The molecule has 1 aromatic rings. The van der Waals surface area contributed by atoms with Crippen molar-refractivity contribution in [3.8, 4) is 11.5 Å². The topological polar surface area (TPSA) is 83.1 Å². The smallest absolute Gasteiger partial charge is 0.317 e. The van der Waals surface area contributed by atoms with Crippen LogP contribution in [-0.2, 0) is 11.2 Å². The van der Waals surface area contributed by atoms with E-state index in [0.29, 0.717) is 63.7 Å². The van der Waals surface area contributed by atoms with E-state index in [-0.39, 0.29) is 11.9 Å². The zero-order valence-electron chi connectivity index (χ0n) is 17.1. The molecule has 1 aliphatic heterocycles. The number of urea groups is 1. The Labute approximate surface area is 167 Å². The van der Waals surface area contributed by atoms with E-state index in [1.807, 2.05) is 25.1 Å². The number of rotatable bonds is 9. The van der Waals surface area contributed by atoms with Crippen LogP contribution in [0.1, 0.15) is 18.9 Å². The molecule has 0 spiro atoms. The van der Waals surface area contributed by atoms with Gasteiger partial charge in [-0.05, 0) is 30.5 Å². The molecule has 0 unspecified atom stereocenters. The monoisotopic (exact) mass is 392 g/mol. The zero-order chi connectivity index (χ0) is 20.4. The van der Waals surface area contributed by atoms with Crippen molar-refractivity contribution >= 4 is 11.9 Å². The highest BCUT2D eigenvalue weighted by atomic mass is 16.5. The number of hydrogen-bond donors (Lipinski definition) is 2. The van der Waals surface area contributed by atoms with Crippen LogP contribution in [0.2, 0.25) is 0 Å². The maximum absolute atomic E-state index is 12.4. The lowest BCUT2D eigenvalue weighted by Crippen LogP contribution is -2.53. The van der Waals surface area contributed by atoms with Crippen LogP contribution in [0.4, 0.5) is 4.79 Å². The first-order valence-electron chi connectivity index (χ1n) is 9.80. The summed E-state index contributed by atoms with van der Waals surface area (Å²) in [7, 11) is 3.21. The van der Waals surface area contributed by atoms with Crippen LogP contribution in [0, 0.1) is 0 Å². The van der Waals surface area contributed by atoms with Crippen molar-refractivity contribution in [2.45, 2.75) is 19.8 Å². The molecule has 1 fully saturated rings. The second-order valence-electron chi connectivity index (χ2n) is 6.78. The van der Waals surface area contributed by atoms with Gasteiger partial charge in [0.25, 0.3) is 0 Å². The maximum Gasteiger partial charge on any atom is 0.317 e. The molecule has 0 aromatic heterocycles. The average molecular weight is 393 g/mol. The van der Waals surface area contributed by atoms with Crippen molar-refractivity contribution in [2.75, 3.05) is 60.0 Å². The maximum atomic E-state index is 12.4. The van der Waals surface area contributed by atoms with E-state index in [0.717, 1.165) is 12.0 Å². The quantitative estimate of drug-likeness (QED) is 0.658. The van der Waals surface area contributed by atoms with Gasteiger partial charge in [0.2, 0.25) is 5.91 Å². The molecule has 8 heteroatoms. The van der Waals surface area contributed by atoms with Crippen molar-refractivity contribution in [2.24, 2.45) is 0 Å². The van der Waals surface area contributed by atoms with Crippen molar-refractivity contribution < 1.29 is 19.1 Å². The Bertz CT molecular complexity index is 645. The summed E-state index contributed by atoms with van der Waals surface area (Å²) in [5.74, 6) is 1.43. The number of methoxy groups -OCH3 is 2. The molecule has 1 aromatic carbocycles. The third-order valence-electron chi connectivity index (χ3n) is 4.74. The molecule has 8 nitrogen and oxygen atoms in total. The largest absolute Gasteiger partial charge is 0.493 e. The number of ether oxygens (including phenoxy) is 2. The van der Waals surface area contributed by atoms with E-state index in [1.165, 1.54) is 0 Å². The van der Waals surface area contributed by atoms with Crippen molar-refractivity contribution in [1.29, 1.82) is 0 Å². The SMILES string of the molecule is CCCNC(=O)CN1CCN(C(=O)NCCc2ccc(OC)c(OC)c2)CC1. The standard InChI is InChI=1S/C20H32N4O4/c1-4-8-21-19(25)15-23-10-12-24(13-11-23)20(26)22-9-7-16-5-6-17(27-2)18(14-16)28-3/h5-6,14H,4,7-13,15H2,1-3H3,(H,21,25)(H,22,26). The highest BCUT2D eigenvalue weighted by Gasteiger charge is 2.22. The summed E-state index contributed by atoms with van der Waals surface area (Å²) < 4.78 is 10.5. The lowest BCUT2D eigenvalue weighted by Gasteiger charge is -2.34. The minimum Gasteiger partial charge on any atom is -0.493 e. The molecule has 1 heterocycles. The number of carbonyl (C=O) groups excluding carboxylic acids is 2. The molecule has 1 aliphatic rings. The Hall–Kier alpha value is -2.48. The molecule has 2 N–H and O–H groups in total. The second-order valence-corrected chi connectivity index (χ2v) is 6.78. The number of benzene rings is 1. The first-order valence-corrected chi connectivity index (χ1v) is 9.80. The molecule has 2 rings (SSSR count). The van der Waals surface area contributed by atoms with Crippen LogP contribution < -0.4 is 20.1 Å². The molecule has 0 saturated carbocycles. The molecular formula is C20H32N4O4. The van der Waals surface area contributed by atoms with Gasteiger partial charge in [-0.2, -0.15) is 0 Å². The van der Waals surface area contributed by atoms with Crippen LogP contribution in [0.15, 0.2) is 18.2 Å². The van der Waals surface area contributed by atoms with E-state index in [9.17, 15) is 9.59 Å². The highest BCUT2D eigenvalue weighted by Crippen LogP contribution is 2.27. The van der Waals surface area contributed by atoms with Crippen molar-refractivity contribution in [3.63, 3.8) is 0 Å². The van der Waals surface area contributed by atoms with Gasteiger partial charge in [-0.3, -0.25) is 9.69 Å². The molecule has 1 saturated heterocycles. The molecule has 0 atom stereocenters. The summed E-state index contributed by atoms with van der Waals surface area (Å²) in [5, 5.41) is 5.85. The van der Waals surface area contributed by atoms with Gasteiger partial charge in [-0.1, -0.05) is 13.0 Å². The number of nitrogens with zero attached hydrogens (tertiary/aromatic N) is 2. The number of piperazine rings is 1. The third-order valence-corrected chi connectivity index (χ3v) is 4.74. The van der Waals surface area contributed by atoms with E-state index in [4.69, 9.17) is 9.47 Å². The summed E-state index contributed by atoms with van der Waals surface area (Å²) in [6.45, 7) is 6.37. The second kappa shape index (κ2) is 11.4. The van der Waals surface area contributed by atoms with Gasteiger partial charge < -0.3 is 25.0 Å². The molecule has 0 bridgehead atoms. The fraction of sp³-hybridized carbons (Fsp3) is 0.600. The Kier molecular flexibility index (Phi) is 8.87. The number of amides is 3. The van der Waals surface area contributed by atoms with Crippen molar-refractivity contribution in [3.05, 3.63) is 23.8 Å². The predicted molar refractivity (Wildman–Crippen MR) is 108 cm³/mol. The number of hydrogen-bond acceptors (Lipinski definition) is 5. The number of nitrogens with one attached hydrogen (secondary N) is 2. The molecule has 3 amide bonds. The summed E-state index contributed by atoms with van der Waals surface area (Å²) in [5.41, 5.74) is 1.07. The summed E-state index contributed by atoms with van der Waals surface area (Å²) in [4.78, 5) is 28.0. The molecule has 0 radical (unpaired) electrons. The minimum atomic E-state index is -0.0597. The molecule has 0 aliphatic carbocycles. The van der Waals surface area contributed by atoms with Crippen LogP contribution in [0.25, 0.3) is 0 Å². The first-order chi connectivity index (χ1) is 13.6. The summed E-state index contributed by atoms with van der Waals surface area (Å²) >= 11 is 0. The van der Waals surface area contributed by atoms with Gasteiger partial charge in [0, 0.05) is 39.3 Å². The fourth-order valence-corrected chi connectivity index (χ4v) is 3.09. The van der Waals surface area contributed by atoms with E-state index in [2.05, 4.69) is 15.5 Å². The normalized spacial score (nSPS) is 14.5. The Morgan fingerprint density at radius 2 is 1.71 bits per heavy atom. The lowest BCUT2D eigenvalue weighted by atomic mass is 10.1. The van der Waals surface area contributed by atoms with Gasteiger partial charge in [-0.15, -0.1) is 0 Å². The zero-order valence-corrected chi connectivity index (χ0v) is 17.1. The van der Waals surface area contributed by atoms with E-state index >= 15 is 0 Å². The summed E-state index contributed by atoms with van der Waals surface area (Å²) in [6.07, 6.45) is 1.65.